The third kappa shape index (κ3) is 5.16. The summed E-state index contributed by atoms with van der Waals surface area (Å²) < 4.78 is 0. The quantitative estimate of drug-likeness (QED) is 0.735. The van der Waals surface area contributed by atoms with E-state index in [0.29, 0.717) is 18.8 Å². The smallest absolute Gasteiger partial charge is 0.269 e. The van der Waals surface area contributed by atoms with Gasteiger partial charge in [0.25, 0.3) is 5.91 Å². The van der Waals surface area contributed by atoms with Crippen LogP contribution in [0.4, 0.5) is 5.69 Å². The van der Waals surface area contributed by atoms with Crippen LogP contribution >= 0.6 is 0 Å². The van der Waals surface area contributed by atoms with E-state index in [2.05, 4.69) is 27.5 Å². The van der Waals surface area contributed by atoms with Crippen molar-refractivity contribution in [3.05, 3.63) is 54.1 Å². The van der Waals surface area contributed by atoms with Crippen molar-refractivity contribution in [1.82, 2.24) is 15.3 Å². The highest BCUT2D eigenvalue weighted by Crippen LogP contribution is 2.10. The first-order valence-corrected chi connectivity index (χ1v) is 7.66. The molecule has 2 N–H and O–H groups in total. The molecule has 2 aromatic rings. The van der Waals surface area contributed by atoms with E-state index < -0.39 is 0 Å². The molecular formula is C17H22N4O. The predicted octanol–water partition coefficient (Wildman–Crippen LogP) is 3.01. The first kappa shape index (κ1) is 15.9. The molecule has 2 rings (SSSR count). The number of pyridine rings is 2. The van der Waals surface area contributed by atoms with Crippen molar-refractivity contribution in [3.8, 4) is 0 Å². The molecule has 0 saturated heterocycles. The molecule has 0 unspecified atom stereocenters. The summed E-state index contributed by atoms with van der Waals surface area (Å²) in [6, 6.07) is 7.54. The molecule has 5 heteroatoms. The van der Waals surface area contributed by atoms with Gasteiger partial charge in [-0.15, -0.1) is 0 Å². The second-order valence-corrected chi connectivity index (χ2v) is 5.10. The molecule has 116 valence electrons. The monoisotopic (exact) mass is 298 g/mol. The van der Waals surface area contributed by atoms with Crippen LogP contribution in [0.1, 0.15) is 42.2 Å². The molecule has 0 aliphatic rings. The fourth-order valence-electron chi connectivity index (χ4n) is 2.04. The molecule has 0 aliphatic heterocycles. The summed E-state index contributed by atoms with van der Waals surface area (Å²) in [5, 5.41) is 6.18. The van der Waals surface area contributed by atoms with Crippen LogP contribution in [0.3, 0.4) is 0 Å². The van der Waals surface area contributed by atoms with Crippen molar-refractivity contribution in [2.24, 2.45) is 0 Å². The molecule has 0 spiro atoms. The Morgan fingerprint density at radius 1 is 1.14 bits per heavy atom. The topological polar surface area (TPSA) is 66.9 Å². The maximum Gasteiger partial charge on any atom is 0.269 e. The van der Waals surface area contributed by atoms with Crippen molar-refractivity contribution in [2.45, 2.75) is 32.7 Å². The lowest BCUT2D eigenvalue weighted by Crippen LogP contribution is -2.25. The van der Waals surface area contributed by atoms with Gasteiger partial charge in [0.05, 0.1) is 0 Å². The highest BCUT2D eigenvalue weighted by molar-refractivity contribution is 5.93. The summed E-state index contributed by atoms with van der Waals surface area (Å²) in [7, 11) is 0. The Kier molecular flexibility index (Phi) is 6.36. The highest BCUT2D eigenvalue weighted by Gasteiger charge is 2.07. The molecule has 2 aromatic heterocycles. The number of hydrogen-bond acceptors (Lipinski definition) is 4. The molecule has 1 amide bonds. The van der Waals surface area contributed by atoms with Crippen LogP contribution in [0.5, 0.6) is 0 Å². The number of rotatable bonds is 8. The molecule has 5 nitrogen and oxygen atoms in total. The maximum absolute atomic E-state index is 12.0. The molecule has 0 radical (unpaired) electrons. The Morgan fingerprint density at radius 3 is 2.73 bits per heavy atom. The molecule has 2 heterocycles. The van der Waals surface area contributed by atoms with Crippen LogP contribution in [0.15, 0.2) is 42.9 Å². The van der Waals surface area contributed by atoms with E-state index in [4.69, 9.17) is 0 Å². The number of anilines is 1. The van der Waals surface area contributed by atoms with Gasteiger partial charge >= 0.3 is 0 Å². The molecule has 22 heavy (non-hydrogen) atoms. The lowest BCUT2D eigenvalue weighted by atomic mass is 10.2. The van der Waals surface area contributed by atoms with Gasteiger partial charge < -0.3 is 10.6 Å². The molecule has 0 fully saturated rings. The van der Waals surface area contributed by atoms with Crippen LogP contribution in [0.25, 0.3) is 0 Å². The summed E-state index contributed by atoms with van der Waals surface area (Å²) >= 11 is 0. The van der Waals surface area contributed by atoms with E-state index >= 15 is 0 Å². The molecule has 0 bridgehead atoms. The number of carbonyl (C=O) groups excluding carboxylic acids is 1. The Bertz CT molecular complexity index is 586. The third-order valence-corrected chi connectivity index (χ3v) is 3.30. The molecule has 0 atom stereocenters. The Hall–Kier alpha value is -2.43. The van der Waals surface area contributed by atoms with Crippen LogP contribution in [-0.4, -0.2) is 22.4 Å². The first-order chi connectivity index (χ1) is 10.8. The van der Waals surface area contributed by atoms with Crippen molar-refractivity contribution in [1.29, 1.82) is 0 Å². The van der Waals surface area contributed by atoms with Gasteiger partial charge in [0.2, 0.25) is 0 Å². The van der Waals surface area contributed by atoms with E-state index in [1.807, 2.05) is 18.2 Å². The Balaban J connectivity index is 1.87. The second kappa shape index (κ2) is 8.77. The summed E-state index contributed by atoms with van der Waals surface area (Å²) in [5.41, 5.74) is 2.46. The van der Waals surface area contributed by atoms with Gasteiger partial charge in [-0.3, -0.25) is 14.8 Å². The molecule has 0 aliphatic carbocycles. The molecule has 0 saturated carbocycles. The summed E-state index contributed by atoms with van der Waals surface area (Å²) in [4.78, 5) is 20.1. The Labute approximate surface area is 131 Å². The largest absolute Gasteiger partial charge is 0.381 e. The number of aromatic nitrogens is 2. The lowest BCUT2D eigenvalue weighted by Gasteiger charge is -2.08. The van der Waals surface area contributed by atoms with E-state index in [1.165, 1.54) is 0 Å². The van der Waals surface area contributed by atoms with Crippen molar-refractivity contribution in [3.63, 3.8) is 0 Å². The van der Waals surface area contributed by atoms with E-state index in [0.717, 1.165) is 30.5 Å². The predicted molar refractivity (Wildman–Crippen MR) is 87.7 cm³/mol. The summed E-state index contributed by atoms with van der Waals surface area (Å²) in [6.07, 6.45) is 8.44. The minimum absolute atomic E-state index is 0.122. The van der Waals surface area contributed by atoms with Gasteiger partial charge in [-0.05, 0) is 36.2 Å². The second-order valence-electron chi connectivity index (χ2n) is 5.10. The zero-order chi connectivity index (χ0) is 15.6. The van der Waals surface area contributed by atoms with E-state index in [-0.39, 0.29) is 5.91 Å². The van der Waals surface area contributed by atoms with Crippen molar-refractivity contribution >= 4 is 11.6 Å². The average molecular weight is 298 g/mol. The van der Waals surface area contributed by atoms with Gasteiger partial charge in [-0.1, -0.05) is 19.8 Å². The number of unbranched alkanes of at least 4 members (excludes halogenated alkanes) is 2. The number of nitrogens with one attached hydrogen (secondary N) is 2. The SMILES string of the molecule is CCCCCNC(=O)c1cc(NCc2ccncc2)ccn1. The van der Waals surface area contributed by atoms with Gasteiger partial charge in [0.15, 0.2) is 0 Å². The lowest BCUT2D eigenvalue weighted by molar-refractivity contribution is 0.0948. The van der Waals surface area contributed by atoms with Crippen LogP contribution in [0.2, 0.25) is 0 Å². The van der Waals surface area contributed by atoms with E-state index in [9.17, 15) is 4.79 Å². The fourth-order valence-corrected chi connectivity index (χ4v) is 2.04. The van der Waals surface area contributed by atoms with Gasteiger partial charge in [-0.25, -0.2) is 0 Å². The zero-order valence-electron chi connectivity index (χ0n) is 12.9. The van der Waals surface area contributed by atoms with Crippen LogP contribution in [-0.2, 0) is 6.54 Å². The number of hydrogen-bond donors (Lipinski definition) is 2. The van der Waals surface area contributed by atoms with E-state index in [1.54, 1.807) is 24.7 Å². The summed E-state index contributed by atoms with van der Waals surface area (Å²) in [6.45, 7) is 3.52. The standard InChI is InChI=1S/C17H22N4O/c1-2-3-4-8-20-17(22)16-12-15(7-11-19-16)21-13-14-5-9-18-10-6-14/h5-7,9-12H,2-4,8,13H2,1H3,(H,19,21)(H,20,22). The normalized spacial score (nSPS) is 10.2. The van der Waals surface area contributed by atoms with Crippen molar-refractivity contribution < 1.29 is 4.79 Å². The highest BCUT2D eigenvalue weighted by atomic mass is 16.1. The maximum atomic E-state index is 12.0. The van der Waals surface area contributed by atoms with Gasteiger partial charge in [-0.2, -0.15) is 0 Å². The van der Waals surface area contributed by atoms with Crippen LogP contribution in [0, 0.1) is 0 Å². The van der Waals surface area contributed by atoms with Gasteiger partial charge in [0, 0.05) is 37.4 Å². The zero-order valence-corrected chi connectivity index (χ0v) is 12.9. The summed E-state index contributed by atoms with van der Waals surface area (Å²) in [5.74, 6) is -0.122. The van der Waals surface area contributed by atoms with Crippen molar-refractivity contribution in [2.75, 3.05) is 11.9 Å². The average Bonchev–Trinajstić information content (AvgIpc) is 2.58. The number of carbonyl (C=O) groups is 1. The number of amides is 1. The minimum atomic E-state index is -0.122. The fraction of sp³-hybridized carbons (Fsp3) is 0.353. The molecular weight excluding hydrogens is 276 g/mol. The Morgan fingerprint density at radius 2 is 1.95 bits per heavy atom. The van der Waals surface area contributed by atoms with Gasteiger partial charge in [0.1, 0.15) is 5.69 Å². The van der Waals surface area contributed by atoms with Crippen LogP contribution < -0.4 is 10.6 Å². The number of nitrogens with zero attached hydrogens (tertiary/aromatic N) is 2. The third-order valence-electron chi connectivity index (χ3n) is 3.30. The minimum Gasteiger partial charge on any atom is -0.381 e. The first-order valence-electron chi connectivity index (χ1n) is 7.66. The molecule has 0 aromatic carbocycles.